The summed E-state index contributed by atoms with van der Waals surface area (Å²) in [5.41, 5.74) is -0.811. The standard InChI is InChI=1S/C27H34FN5O6S/c1-8-14-11-18(40-32-14)21-19-15(12-33(23(19)34)25(36)39-27(5,6)7)20(28)22(31-21)29-16-9-10-37-13-17(16)30-24(35)38-26(2,3)4/h8,11,16-17H,1,9-10,12-13H2,2-7H3,(H,29,31)(H,30,35). The van der Waals surface area contributed by atoms with E-state index in [1.54, 1.807) is 53.7 Å². The molecule has 1 saturated heterocycles. The zero-order valence-corrected chi connectivity index (χ0v) is 24.2. The second-order valence-electron chi connectivity index (χ2n) is 11.5. The smallest absolute Gasteiger partial charge is 0.417 e. The molecule has 2 unspecified atom stereocenters. The van der Waals surface area contributed by atoms with Crippen LogP contribution in [-0.2, 0) is 20.8 Å². The summed E-state index contributed by atoms with van der Waals surface area (Å²) in [6.45, 7) is 14.3. The third-order valence-corrected chi connectivity index (χ3v) is 6.79. The third kappa shape index (κ3) is 6.58. The predicted molar refractivity (Wildman–Crippen MR) is 148 cm³/mol. The number of halogens is 1. The first-order valence-electron chi connectivity index (χ1n) is 12.9. The van der Waals surface area contributed by atoms with Crippen molar-refractivity contribution >= 4 is 41.5 Å². The molecule has 40 heavy (non-hydrogen) atoms. The van der Waals surface area contributed by atoms with E-state index in [2.05, 4.69) is 26.6 Å². The van der Waals surface area contributed by atoms with E-state index in [-0.39, 0.29) is 35.8 Å². The van der Waals surface area contributed by atoms with Crippen molar-refractivity contribution in [2.45, 2.75) is 77.8 Å². The molecular formula is C27H34FN5O6S. The molecule has 0 saturated carbocycles. The van der Waals surface area contributed by atoms with Crippen molar-refractivity contribution in [3.05, 3.63) is 35.3 Å². The van der Waals surface area contributed by atoms with Gasteiger partial charge in [-0.25, -0.2) is 23.9 Å². The molecule has 4 heterocycles. The molecule has 4 rings (SSSR count). The van der Waals surface area contributed by atoms with Gasteiger partial charge < -0.3 is 24.8 Å². The molecule has 2 N–H and O–H groups in total. The lowest BCUT2D eigenvalue weighted by atomic mass is 10.0. The minimum atomic E-state index is -0.879. The summed E-state index contributed by atoms with van der Waals surface area (Å²) in [5.74, 6) is -1.60. The third-order valence-electron chi connectivity index (χ3n) is 5.98. The minimum absolute atomic E-state index is 0.0145. The highest BCUT2D eigenvalue weighted by atomic mass is 32.1. The van der Waals surface area contributed by atoms with Crippen molar-refractivity contribution in [1.29, 1.82) is 0 Å². The van der Waals surface area contributed by atoms with Crippen LogP contribution in [0.2, 0.25) is 0 Å². The predicted octanol–water partition coefficient (Wildman–Crippen LogP) is 4.97. The van der Waals surface area contributed by atoms with E-state index in [0.717, 1.165) is 16.4 Å². The van der Waals surface area contributed by atoms with Crippen LogP contribution in [-0.4, -0.2) is 68.9 Å². The van der Waals surface area contributed by atoms with E-state index in [0.29, 0.717) is 23.6 Å². The van der Waals surface area contributed by atoms with Gasteiger partial charge in [0.1, 0.15) is 11.2 Å². The lowest BCUT2D eigenvalue weighted by molar-refractivity contribution is 0.0246. The highest BCUT2D eigenvalue weighted by Crippen LogP contribution is 2.38. The van der Waals surface area contributed by atoms with Crippen LogP contribution in [0.15, 0.2) is 12.6 Å². The molecule has 0 aliphatic carbocycles. The van der Waals surface area contributed by atoms with Crippen LogP contribution in [0.25, 0.3) is 16.6 Å². The van der Waals surface area contributed by atoms with Gasteiger partial charge in [-0.2, -0.15) is 4.37 Å². The average Bonchev–Trinajstić information content (AvgIpc) is 3.45. The van der Waals surface area contributed by atoms with Crippen molar-refractivity contribution in [2.75, 3.05) is 18.5 Å². The average molecular weight is 576 g/mol. The number of fused-ring (bicyclic) bond motifs is 1. The zero-order valence-electron chi connectivity index (χ0n) is 23.4. The summed E-state index contributed by atoms with van der Waals surface area (Å²) in [4.78, 5) is 44.6. The van der Waals surface area contributed by atoms with E-state index in [4.69, 9.17) is 14.2 Å². The number of hydrogen-bond donors (Lipinski definition) is 2. The number of carbonyl (C=O) groups is 3. The first-order chi connectivity index (χ1) is 18.7. The monoisotopic (exact) mass is 575 g/mol. The van der Waals surface area contributed by atoms with E-state index >= 15 is 4.39 Å². The maximum Gasteiger partial charge on any atom is 0.417 e. The number of alkyl carbamates (subject to hydrolysis) is 1. The number of pyridine rings is 1. The van der Waals surface area contributed by atoms with E-state index in [1.165, 1.54) is 0 Å². The number of nitrogens with one attached hydrogen (secondary N) is 2. The Kier molecular flexibility index (Phi) is 8.18. The van der Waals surface area contributed by atoms with Gasteiger partial charge >= 0.3 is 12.2 Å². The fourth-order valence-corrected chi connectivity index (χ4v) is 5.02. The van der Waals surface area contributed by atoms with Gasteiger partial charge in [0.2, 0.25) is 0 Å². The fourth-order valence-electron chi connectivity index (χ4n) is 4.28. The molecule has 2 atom stereocenters. The van der Waals surface area contributed by atoms with E-state index in [9.17, 15) is 14.4 Å². The maximum absolute atomic E-state index is 16.0. The van der Waals surface area contributed by atoms with Crippen LogP contribution in [0.4, 0.5) is 19.8 Å². The molecule has 1 fully saturated rings. The summed E-state index contributed by atoms with van der Waals surface area (Å²) in [6, 6.07) is 0.683. The summed E-state index contributed by atoms with van der Waals surface area (Å²) in [7, 11) is 0. The van der Waals surface area contributed by atoms with Gasteiger partial charge in [-0.15, -0.1) is 0 Å². The van der Waals surface area contributed by atoms with Crippen LogP contribution in [0, 0.1) is 5.82 Å². The molecular weight excluding hydrogens is 541 g/mol. The Bertz CT molecular complexity index is 1330. The number of hydrogen-bond acceptors (Lipinski definition) is 10. The molecule has 2 aromatic heterocycles. The molecule has 2 aliphatic rings. The molecule has 2 aliphatic heterocycles. The van der Waals surface area contributed by atoms with Gasteiger partial charge in [-0.3, -0.25) is 4.79 Å². The van der Waals surface area contributed by atoms with Gasteiger partial charge in [0, 0.05) is 12.2 Å². The number of rotatable bonds is 5. The van der Waals surface area contributed by atoms with Crippen molar-refractivity contribution in [3.63, 3.8) is 0 Å². The van der Waals surface area contributed by atoms with Crippen LogP contribution >= 0.6 is 11.5 Å². The minimum Gasteiger partial charge on any atom is -0.444 e. The molecule has 2 aromatic rings. The van der Waals surface area contributed by atoms with Crippen molar-refractivity contribution in [1.82, 2.24) is 19.6 Å². The normalized spacial score (nSPS) is 19.2. The number of ether oxygens (including phenoxy) is 3. The first-order valence-corrected chi connectivity index (χ1v) is 13.6. The SMILES string of the molecule is C=Cc1cc(-c2nc(NC3CCOCC3NC(=O)OC(C)(C)C)c(F)c3c2C(=O)N(C(=O)OC(C)(C)C)C3)sn1. The van der Waals surface area contributed by atoms with Gasteiger partial charge in [-0.05, 0) is 71.6 Å². The number of nitrogens with zero attached hydrogens (tertiary/aromatic N) is 3. The Balaban J connectivity index is 1.70. The van der Waals surface area contributed by atoms with Crippen molar-refractivity contribution in [2.24, 2.45) is 0 Å². The van der Waals surface area contributed by atoms with Gasteiger partial charge in [0.25, 0.3) is 5.91 Å². The van der Waals surface area contributed by atoms with Crippen LogP contribution in [0.5, 0.6) is 0 Å². The van der Waals surface area contributed by atoms with Crippen molar-refractivity contribution < 1.29 is 33.0 Å². The molecule has 0 spiro atoms. The highest BCUT2D eigenvalue weighted by molar-refractivity contribution is 7.09. The fraction of sp³-hybridized carbons (Fsp3) is 0.519. The number of imide groups is 1. The number of aromatic nitrogens is 2. The summed E-state index contributed by atoms with van der Waals surface area (Å²) in [6.07, 6.45) is 0.485. The number of anilines is 1. The van der Waals surface area contributed by atoms with Crippen molar-refractivity contribution in [3.8, 4) is 10.6 Å². The Morgan fingerprint density at radius 2 is 1.90 bits per heavy atom. The second kappa shape index (κ2) is 11.1. The Morgan fingerprint density at radius 1 is 1.20 bits per heavy atom. The van der Waals surface area contributed by atoms with E-state index in [1.807, 2.05) is 0 Å². The van der Waals surface area contributed by atoms with Gasteiger partial charge in [-0.1, -0.05) is 6.58 Å². The Morgan fingerprint density at radius 3 is 2.52 bits per heavy atom. The number of amides is 3. The Labute approximate surface area is 236 Å². The molecule has 0 aromatic carbocycles. The van der Waals surface area contributed by atoms with Crippen LogP contribution in [0.1, 0.15) is 69.6 Å². The molecule has 11 nitrogen and oxygen atoms in total. The summed E-state index contributed by atoms with van der Waals surface area (Å²) >= 11 is 1.08. The maximum atomic E-state index is 16.0. The van der Waals surface area contributed by atoms with E-state index < -0.39 is 47.2 Å². The molecule has 0 radical (unpaired) electrons. The van der Waals surface area contributed by atoms with Crippen LogP contribution in [0.3, 0.4) is 0 Å². The summed E-state index contributed by atoms with van der Waals surface area (Å²) in [5, 5.41) is 5.89. The summed E-state index contributed by atoms with van der Waals surface area (Å²) < 4.78 is 36.6. The largest absolute Gasteiger partial charge is 0.444 e. The first kappa shape index (κ1) is 29.4. The van der Waals surface area contributed by atoms with Gasteiger partial charge in [0.05, 0.1) is 47.1 Å². The second-order valence-corrected chi connectivity index (χ2v) is 12.3. The number of carbonyl (C=O) groups excluding carboxylic acids is 3. The lowest BCUT2D eigenvalue weighted by Gasteiger charge is -2.33. The lowest BCUT2D eigenvalue weighted by Crippen LogP contribution is -2.53. The Hall–Kier alpha value is -3.58. The molecule has 13 heteroatoms. The topological polar surface area (TPSA) is 132 Å². The molecule has 3 amide bonds. The zero-order chi connectivity index (χ0) is 29.4. The van der Waals surface area contributed by atoms with Crippen LogP contribution < -0.4 is 10.6 Å². The molecule has 216 valence electrons. The highest BCUT2D eigenvalue weighted by Gasteiger charge is 2.41. The quantitative estimate of drug-likeness (QED) is 0.507. The molecule has 0 bridgehead atoms. The van der Waals surface area contributed by atoms with Gasteiger partial charge in [0.15, 0.2) is 11.6 Å².